The molecular formula is C8H5FO2S. The first-order valence-corrected chi connectivity index (χ1v) is 4.44. The first kappa shape index (κ1) is 8.75. The number of terminal acetylenes is 1. The zero-order valence-corrected chi connectivity index (χ0v) is 6.81. The SMILES string of the molecule is C#Cc1ccc(S(=O)(=O)F)cc1. The molecule has 0 spiro atoms. The molecule has 0 N–H and O–H groups in total. The van der Waals surface area contributed by atoms with Crippen molar-refractivity contribution in [2.75, 3.05) is 0 Å². The van der Waals surface area contributed by atoms with Crippen LogP contribution in [0.4, 0.5) is 3.89 Å². The van der Waals surface area contributed by atoms with Gasteiger partial charge in [0.25, 0.3) is 0 Å². The van der Waals surface area contributed by atoms with Crippen LogP contribution < -0.4 is 0 Å². The van der Waals surface area contributed by atoms with Gasteiger partial charge in [0.05, 0.1) is 4.90 Å². The number of hydrogen-bond acceptors (Lipinski definition) is 2. The van der Waals surface area contributed by atoms with E-state index < -0.39 is 10.2 Å². The lowest BCUT2D eigenvalue weighted by Gasteiger charge is -1.93. The van der Waals surface area contributed by atoms with Crippen molar-refractivity contribution in [1.82, 2.24) is 0 Å². The fraction of sp³-hybridized carbons (Fsp3) is 0. The second-order valence-corrected chi connectivity index (χ2v) is 3.45. The van der Waals surface area contributed by atoms with Crippen molar-refractivity contribution in [2.45, 2.75) is 4.90 Å². The van der Waals surface area contributed by atoms with Crippen LogP contribution in [0.25, 0.3) is 0 Å². The fourth-order valence-electron chi connectivity index (χ4n) is 0.714. The Morgan fingerprint density at radius 2 is 1.75 bits per heavy atom. The van der Waals surface area contributed by atoms with Gasteiger partial charge in [0.2, 0.25) is 0 Å². The topological polar surface area (TPSA) is 34.1 Å². The molecule has 0 aliphatic heterocycles. The van der Waals surface area contributed by atoms with Gasteiger partial charge in [0, 0.05) is 5.56 Å². The highest BCUT2D eigenvalue weighted by Crippen LogP contribution is 2.12. The molecule has 0 aliphatic rings. The van der Waals surface area contributed by atoms with Gasteiger partial charge in [-0.2, -0.15) is 8.42 Å². The molecule has 0 radical (unpaired) electrons. The number of hydrogen-bond donors (Lipinski definition) is 0. The van der Waals surface area contributed by atoms with E-state index >= 15 is 0 Å². The Balaban J connectivity index is 3.20. The Kier molecular flexibility index (Phi) is 2.15. The summed E-state index contributed by atoms with van der Waals surface area (Å²) < 4.78 is 32.9. The summed E-state index contributed by atoms with van der Waals surface area (Å²) in [7, 11) is -4.60. The van der Waals surface area contributed by atoms with Crippen LogP contribution in [0.5, 0.6) is 0 Å². The van der Waals surface area contributed by atoms with Crippen molar-refractivity contribution < 1.29 is 12.3 Å². The van der Waals surface area contributed by atoms with Crippen molar-refractivity contribution in [3.05, 3.63) is 29.8 Å². The third-order valence-electron chi connectivity index (χ3n) is 1.30. The van der Waals surface area contributed by atoms with E-state index in [9.17, 15) is 12.3 Å². The quantitative estimate of drug-likeness (QED) is 0.487. The zero-order chi connectivity index (χ0) is 9.19. The van der Waals surface area contributed by atoms with E-state index in [4.69, 9.17) is 6.42 Å². The molecule has 0 bridgehead atoms. The van der Waals surface area contributed by atoms with Crippen molar-refractivity contribution in [2.24, 2.45) is 0 Å². The van der Waals surface area contributed by atoms with Gasteiger partial charge in [0.15, 0.2) is 0 Å². The van der Waals surface area contributed by atoms with Crippen LogP contribution in [-0.4, -0.2) is 8.42 Å². The van der Waals surface area contributed by atoms with Gasteiger partial charge in [0.1, 0.15) is 0 Å². The lowest BCUT2D eigenvalue weighted by Crippen LogP contribution is -1.90. The molecule has 0 heterocycles. The summed E-state index contributed by atoms with van der Waals surface area (Å²) in [6, 6.07) is 4.99. The first-order chi connectivity index (χ1) is 5.54. The number of halogens is 1. The van der Waals surface area contributed by atoms with Gasteiger partial charge in [-0.15, -0.1) is 10.3 Å². The molecule has 1 rings (SSSR count). The molecule has 1 aromatic carbocycles. The number of rotatable bonds is 1. The molecule has 0 saturated carbocycles. The monoisotopic (exact) mass is 184 g/mol. The molecule has 0 saturated heterocycles. The van der Waals surface area contributed by atoms with Gasteiger partial charge in [-0.3, -0.25) is 0 Å². The van der Waals surface area contributed by atoms with Crippen molar-refractivity contribution in [1.29, 1.82) is 0 Å². The van der Waals surface area contributed by atoms with Crippen molar-refractivity contribution >= 4 is 10.2 Å². The standard InChI is InChI=1S/C8H5FO2S/c1-2-7-3-5-8(6-4-7)12(9,10)11/h1,3-6H. The first-order valence-electron chi connectivity index (χ1n) is 3.05. The van der Waals surface area contributed by atoms with Crippen LogP contribution >= 0.6 is 0 Å². The maximum absolute atomic E-state index is 12.3. The second-order valence-electron chi connectivity index (χ2n) is 2.11. The maximum Gasteiger partial charge on any atom is 0.332 e. The Morgan fingerprint density at radius 1 is 1.25 bits per heavy atom. The summed E-state index contributed by atoms with van der Waals surface area (Å²) in [5.74, 6) is 2.29. The van der Waals surface area contributed by atoms with Gasteiger partial charge >= 0.3 is 10.2 Å². The van der Waals surface area contributed by atoms with E-state index in [1.165, 1.54) is 12.1 Å². The summed E-state index contributed by atoms with van der Waals surface area (Å²) in [5, 5.41) is 0. The Morgan fingerprint density at radius 3 is 2.08 bits per heavy atom. The lowest BCUT2D eigenvalue weighted by molar-refractivity contribution is 0.552. The minimum Gasteiger partial charge on any atom is -0.189 e. The highest BCUT2D eigenvalue weighted by molar-refractivity contribution is 7.86. The minimum atomic E-state index is -4.60. The fourth-order valence-corrected chi connectivity index (χ4v) is 1.17. The summed E-state index contributed by atoms with van der Waals surface area (Å²) in [5.41, 5.74) is 0.516. The molecule has 0 fully saturated rings. The molecule has 0 aromatic heterocycles. The molecule has 2 nitrogen and oxygen atoms in total. The van der Waals surface area contributed by atoms with Gasteiger partial charge in [-0.1, -0.05) is 5.92 Å². The highest BCUT2D eigenvalue weighted by Gasteiger charge is 2.09. The molecule has 0 aliphatic carbocycles. The van der Waals surface area contributed by atoms with Crippen LogP contribution in [0.1, 0.15) is 5.56 Å². The van der Waals surface area contributed by atoms with Crippen molar-refractivity contribution in [3.8, 4) is 12.3 Å². The summed E-state index contributed by atoms with van der Waals surface area (Å²) in [6.45, 7) is 0. The van der Waals surface area contributed by atoms with Gasteiger partial charge in [-0.25, -0.2) is 0 Å². The molecular weight excluding hydrogens is 179 g/mol. The number of benzene rings is 1. The van der Waals surface area contributed by atoms with Gasteiger partial charge in [-0.05, 0) is 24.3 Å². The van der Waals surface area contributed by atoms with E-state index in [-0.39, 0.29) is 4.90 Å². The van der Waals surface area contributed by atoms with Crippen LogP contribution in [-0.2, 0) is 10.2 Å². The molecule has 0 atom stereocenters. The van der Waals surface area contributed by atoms with Crippen LogP contribution in [0, 0.1) is 12.3 Å². The zero-order valence-electron chi connectivity index (χ0n) is 5.99. The molecule has 1 aromatic rings. The smallest absolute Gasteiger partial charge is 0.189 e. The Labute approximate surface area is 70.2 Å². The minimum absolute atomic E-state index is 0.374. The average Bonchev–Trinajstić information content (AvgIpc) is 2.03. The van der Waals surface area contributed by atoms with E-state index in [1.54, 1.807) is 0 Å². The van der Waals surface area contributed by atoms with Gasteiger partial charge < -0.3 is 0 Å². The molecule has 62 valence electrons. The van der Waals surface area contributed by atoms with E-state index in [2.05, 4.69) is 5.92 Å². The molecule has 4 heteroatoms. The molecule has 12 heavy (non-hydrogen) atoms. The van der Waals surface area contributed by atoms with Crippen LogP contribution in [0.15, 0.2) is 29.2 Å². The van der Waals surface area contributed by atoms with Crippen LogP contribution in [0.3, 0.4) is 0 Å². The van der Waals surface area contributed by atoms with Crippen LogP contribution in [0.2, 0.25) is 0 Å². The van der Waals surface area contributed by atoms with Crippen molar-refractivity contribution in [3.63, 3.8) is 0 Å². The average molecular weight is 184 g/mol. The third-order valence-corrected chi connectivity index (χ3v) is 2.14. The second kappa shape index (κ2) is 2.95. The molecule has 0 amide bonds. The predicted molar refractivity (Wildman–Crippen MR) is 42.7 cm³/mol. The summed E-state index contributed by atoms with van der Waals surface area (Å²) in [6.07, 6.45) is 5.02. The Hall–Kier alpha value is -1.34. The summed E-state index contributed by atoms with van der Waals surface area (Å²) in [4.78, 5) is -0.374. The molecule has 0 unspecified atom stereocenters. The largest absolute Gasteiger partial charge is 0.332 e. The summed E-state index contributed by atoms with van der Waals surface area (Å²) >= 11 is 0. The normalized spacial score (nSPS) is 10.7. The van der Waals surface area contributed by atoms with E-state index in [0.29, 0.717) is 5.56 Å². The van der Waals surface area contributed by atoms with E-state index in [0.717, 1.165) is 12.1 Å². The Bertz CT molecular complexity index is 411. The third kappa shape index (κ3) is 1.83. The highest BCUT2D eigenvalue weighted by atomic mass is 32.3. The predicted octanol–water partition coefficient (Wildman–Crippen LogP) is 1.33. The van der Waals surface area contributed by atoms with E-state index in [1.807, 2.05) is 0 Å². The lowest BCUT2D eigenvalue weighted by atomic mass is 10.2. The maximum atomic E-state index is 12.3.